The molecule has 0 amide bonds. The molecular weight excluding hydrogens is 152 g/mol. The van der Waals surface area contributed by atoms with Crippen LogP contribution in [0.2, 0.25) is 0 Å². The normalized spacial score (nSPS) is 37.0. The van der Waals surface area contributed by atoms with E-state index in [9.17, 15) is 5.11 Å². The highest BCUT2D eigenvalue weighted by Crippen LogP contribution is 2.13. The first-order valence-corrected chi connectivity index (χ1v) is 4.73. The fourth-order valence-electron chi connectivity index (χ4n) is 1.56. The van der Waals surface area contributed by atoms with Crippen LogP contribution in [0.5, 0.6) is 0 Å². The zero-order valence-corrected chi connectivity index (χ0v) is 8.62. The van der Waals surface area contributed by atoms with Crippen molar-refractivity contribution in [1.29, 1.82) is 0 Å². The van der Waals surface area contributed by atoms with E-state index >= 15 is 0 Å². The summed E-state index contributed by atoms with van der Waals surface area (Å²) in [5.74, 6) is 0.314. The van der Waals surface area contributed by atoms with E-state index < -0.39 is 0 Å². The Morgan fingerprint density at radius 2 is 1.83 bits per heavy atom. The van der Waals surface area contributed by atoms with Crippen molar-refractivity contribution in [1.82, 2.24) is 4.90 Å². The molecule has 0 bridgehead atoms. The summed E-state index contributed by atoms with van der Waals surface area (Å²) in [5.41, 5.74) is 5.67. The van der Waals surface area contributed by atoms with Gasteiger partial charge in [0.2, 0.25) is 0 Å². The summed E-state index contributed by atoms with van der Waals surface area (Å²) in [6, 6.07) is -0.0613. The highest BCUT2D eigenvalue weighted by Gasteiger charge is 2.28. The Hall–Kier alpha value is -0.120. The lowest BCUT2D eigenvalue weighted by Gasteiger charge is -2.36. The van der Waals surface area contributed by atoms with Gasteiger partial charge < -0.3 is 15.7 Å². The highest BCUT2D eigenvalue weighted by atomic mass is 16.3. The maximum Gasteiger partial charge on any atom is 0.0741 e. The summed E-state index contributed by atoms with van der Waals surface area (Å²) in [4.78, 5) is 2.15. The van der Waals surface area contributed by atoms with Crippen molar-refractivity contribution in [3.05, 3.63) is 0 Å². The topological polar surface area (TPSA) is 49.5 Å². The van der Waals surface area contributed by atoms with Crippen molar-refractivity contribution in [2.24, 2.45) is 11.7 Å². The van der Waals surface area contributed by atoms with Gasteiger partial charge in [-0.3, -0.25) is 0 Å². The molecule has 0 spiro atoms. The van der Waals surface area contributed by atoms with Crippen molar-refractivity contribution in [3.63, 3.8) is 0 Å². The second-order valence-corrected chi connectivity index (χ2v) is 3.35. The Bertz CT molecular complexity index is 107. The maximum absolute atomic E-state index is 9.41. The Kier molecular flexibility index (Phi) is 5.46. The third kappa shape index (κ3) is 3.09. The number of aliphatic hydroxyl groups is 1. The van der Waals surface area contributed by atoms with Gasteiger partial charge in [-0.25, -0.2) is 0 Å². The van der Waals surface area contributed by atoms with E-state index in [0.29, 0.717) is 5.92 Å². The molecule has 74 valence electrons. The Labute approximate surface area is 75.6 Å². The Morgan fingerprint density at radius 3 is 2.25 bits per heavy atom. The highest BCUT2D eigenvalue weighted by molar-refractivity contribution is 4.85. The van der Waals surface area contributed by atoms with Crippen LogP contribution in [0.25, 0.3) is 0 Å². The molecule has 0 aromatic rings. The molecule has 1 aliphatic heterocycles. The number of hydrogen-bond acceptors (Lipinski definition) is 3. The van der Waals surface area contributed by atoms with Gasteiger partial charge in [-0.2, -0.15) is 0 Å². The second-order valence-electron chi connectivity index (χ2n) is 3.35. The summed E-state index contributed by atoms with van der Waals surface area (Å²) < 4.78 is 0. The summed E-state index contributed by atoms with van der Waals surface area (Å²) in [6.45, 7) is 7.79. The first-order valence-electron chi connectivity index (χ1n) is 4.73. The molecule has 0 aliphatic carbocycles. The first-order chi connectivity index (χ1) is 5.61. The van der Waals surface area contributed by atoms with Gasteiger partial charge in [-0.15, -0.1) is 0 Å². The van der Waals surface area contributed by atoms with Gasteiger partial charge in [0.15, 0.2) is 0 Å². The van der Waals surface area contributed by atoms with Crippen LogP contribution in [0.15, 0.2) is 0 Å². The fraction of sp³-hybridized carbons (Fsp3) is 1.00. The van der Waals surface area contributed by atoms with E-state index in [-0.39, 0.29) is 12.1 Å². The van der Waals surface area contributed by atoms with E-state index in [1.165, 1.54) is 0 Å². The third-order valence-electron chi connectivity index (χ3n) is 2.14. The molecule has 3 N–H and O–H groups in total. The molecule has 1 saturated heterocycles. The lowest BCUT2D eigenvalue weighted by molar-refractivity contribution is 0.0269. The van der Waals surface area contributed by atoms with Gasteiger partial charge >= 0.3 is 0 Å². The maximum atomic E-state index is 9.41. The predicted molar refractivity (Wildman–Crippen MR) is 52.0 cm³/mol. The molecule has 1 aliphatic rings. The summed E-state index contributed by atoms with van der Waals surface area (Å²) in [7, 11) is 2.03. The number of rotatable bonds is 0. The van der Waals surface area contributed by atoms with Crippen LogP contribution in [0.4, 0.5) is 0 Å². The standard InChI is InChI=1S/C7H16N2O.C2H6/c1-5-3-9(2)4-6(8)7(5)10;1-2/h5-7,10H,3-4,8H2,1-2H3;1-2H3/t5-,6+,7+;/m0./s1. The van der Waals surface area contributed by atoms with Crippen molar-refractivity contribution in [3.8, 4) is 0 Å². The van der Waals surface area contributed by atoms with Gasteiger partial charge in [0, 0.05) is 19.1 Å². The summed E-state index contributed by atoms with van der Waals surface area (Å²) in [6.07, 6.45) is -0.309. The number of nitrogens with two attached hydrogens (primary N) is 1. The van der Waals surface area contributed by atoms with E-state index in [4.69, 9.17) is 5.73 Å². The van der Waals surface area contributed by atoms with Crippen LogP contribution in [-0.2, 0) is 0 Å². The number of likely N-dealkylation sites (N-methyl/N-ethyl adjacent to an activating group) is 1. The number of piperidine rings is 1. The van der Waals surface area contributed by atoms with Crippen molar-refractivity contribution in [2.45, 2.75) is 32.9 Å². The monoisotopic (exact) mass is 174 g/mol. The van der Waals surface area contributed by atoms with Crippen molar-refractivity contribution in [2.75, 3.05) is 20.1 Å². The molecular formula is C9H22N2O. The van der Waals surface area contributed by atoms with Crippen LogP contribution in [0.3, 0.4) is 0 Å². The third-order valence-corrected chi connectivity index (χ3v) is 2.14. The first kappa shape index (κ1) is 11.9. The van der Waals surface area contributed by atoms with Crippen molar-refractivity contribution >= 4 is 0 Å². The molecule has 1 rings (SSSR count). The minimum Gasteiger partial charge on any atom is -0.391 e. The minimum absolute atomic E-state index is 0.0613. The predicted octanol–water partition coefficient (Wildman–Crippen LogP) is 0.282. The molecule has 1 fully saturated rings. The van der Waals surface area contributed by atoms with Crippen LogP contribution in [0, 0.1) is 5.92 Å². The van der Waals surface area contributed by atoms with Crippen LogP contribution < -0.4 is 5.73 Å². The van der Waals surface area contributed by atoms with Gasteiger partial charge in [0.1, 0.15) is 0 Å². The SMILES string of the molecule is CC.C[C@H]1CN(C)C[C@@H](N)[C@@H]1O. The second kappa shape index (κ2) is 5.51. The lowest BCUT2D eigenvalue weighted by atomic mass is 9.93. The molecule has 3 heteroatoms. The quantitative estimate of drug-likeness (QED) is 0.554. The molecule has 0 radical (unpaired) electrons. The Balaban J connectivity index is 0.000000561. The molecule has 12 heavy (non-hydrogen) atoms. The Morgan fingerprint density at radius 1 is 1.33 bits per heavy atom. The number of aliphatic hydroxyl groups excluding tert-OH is 1. The van der Waals surface area contributed by atoms with E-state index in [2.05, 4.69) is 4.90 Å². The molecule has 3 nitrogen and oxygen atoms in total. The molecule has 1 heterocycles. The van der Waals surface area contributed by atoms with Gasteiger partial charge in [-0.05, 0) is 13.0 Å². The van der Waals surface area contributed by atoms with Gasteiger partial charge in [0.05, 0.1) is 6.10 Å². The van der Waals surface area contributed by atoms with E-state index in [0.717, 1.165) is 13.1 Å². The minimum atomic E-state index is -0.309. The lowest BCUT2D eigenvalue weighted by Crippen LogP contribution is -2.54. The number of likely N-dealkylation sites (tertiary alicyclic amines) is 1. The molecule has 0 saturated carbocycles. The largest absolute Gasteiger partial charge is 0.391 e. The van der Waals surface area contributed by atoms with Crippen LogP contribution >= 0.6 is 0 Å². The molecule has 0 aromatic carbocycles. The van der Waals surface area contributed by atoms with Gasteiger partial charge in [0.25, 0.3) is 0 Å². The van der Waals surface area contributed by atoms with Crippen molar-refractivity contribution < 1.29 is 5.11 Å². The molecule has 0 unspecified atom stereocenters. The molecule has 3 atom stereocenters. The number of hydrogen-bond donors (Lipinski definition) is 2. The molecule has 0 aromatic heterocycles. The van der Waals surface area contributed by atoms with E-state index in [1.54, 1.807) is 0 Å². The smallest absolute Gasteiger partial charge is 0.0741 e. The fourth-order valence-corrected chi connectivity index (χ4v) is 1.56. The number of nitrogens with zero attached hydrogens (tertiary/aromatic N) is 1. The van der Waals surface area contributed by atoms with Crippen LogP contribution in [0.1, 0.15) is 20.8 Å². The van der Waals surface area contributed by atoms with Gasteiger partial charge in [-0.1, -0.05) is 20.8 Å². The zero-order chi connectivity index (χ0) is 9.72. The average molecular weight is 174 g/mol. The summed E-state index contributed by atoms with van der Waals surface area (Å²) >= 11 is 0. The van der Waals surface area contributed by atoms with E-state index in [1.807, 2.05) is 27.8 Å². The summed E-state index contributed by atoms with van der Waals surface area (Å²) in [5, 5.41) is 9.41. The average Bonchev–Trinajstić information content (AvgIpc) is 2.04. The van der Waals surface area contributed by atoms with Crippen LogP contribution in [-0.4, -0.2) is 42.3 Å². The zero-order valence-electron chi connectivity index (χ0n) is 8.62.